The first-order valence-electron chi connectivity index (χ1n) is 20.3. The molecule has 2 aromatic rings. The molecule has 3 saturated heterocycles. The summed E-state index contributed by atoms with van der Waals surface area (Å²) in [4.78, 5) is 62.4. The molecule has 1 aromatic heterocycles. The van der Waals surface area contributed by atoms with Crippen molar-refractivity contribution in [3.8, 4) is 0 Å². The molecule has 57 heavy (non-hydrogen) atoms. The standard InChI is InChI=1S/C43H62FN3O10/c1-11-32-43(7)35(46-40(52)57-43)29(18-13-12-16-27-20-21-45-30-19-15-14-17-28(27)30)36(50)41(5,44)23-42(6,53-10)37(25(3)33(48)26(4)38(51)55-32)56-39-34(49)31(47(8)9)22-24(2)54-39/h14-15,17,19-21,24-26,29,31-32,34-35,37,39,49H,11-13,16,18,22-23H2,1-10H3,(H,46,52)/t24-,25+,26-,29-,31+,32-,34-,35+,37-,39+,41+,42-,43-/m1/s1. The third-order valence-corrected chi connectivity index (χ3v) is 12.7. The lowest BCUT2D eigenvalue weighted by Gasteiger charge is -2.47. The number of Topliss-reactive ketones (excluding diaryl/α,β-unsaturated/α-hetero) is 2. The van der Waals surface area contributed by atoms with Crippen molar-refractivity contribution in [1.82, 2.24) is 15.2 Å². The molecule has 14 heteroatoms. The van der Waals surface area contributed by atoms with Crippen LogP contribution in [0.1, 0.15) is 92.6 Å². The van der Waals surface area contributed by atoms with E-state index in [-0.39, 0.29) is 25.0 Å². The quantitative estimate of drug-likeness (QED) is 0.176. The van der Waals surface area contributed by atoms with Crippen LogP contribution in [0.4, 0.5) is 9.18 Å². The normalized spacial score (nSPS) is 38.3. The van der Waals surface area contributed by atoms with Gasteiger partial charge in [0.25, 0.3) is 0 Å². The second-order valence-electron chi connectivity index (χ2n) is 17.2. The summed E-state index contributed by atoms with van der Waals surface area (Å²) in [5.74, 6) is -5.82. The van der Waals surface area contributed by atoms with Crippen LogP contribution in [0.3, 0.4) is 0 Å². The molecule has 0 saturated carbocycles. The van der Waals surface area contributed by atoms with E-state index in [4.69, 9.17) is 23.7 Å². The first-order valence-corrected chi connectivity index (χ1v) is 20.3. The largest absolute Gasteiger partial charge is 0.458 e. The summed E-state index contributed by atoms with van der Waals surface area (Å²) < 4.78 is 48.2. The van der Waals surface area contributed by atoms with Crippen molar-refractivity contribution >= 4 is 34.5 Å². The molecule has 3 aliphatic rings. The Balaban J connectivity index is 1.54. The Hall–Kier alpha value is -3.56. The number of esters is 1. The van der Waals surface area contributed by atoms with Crippen LogP contribution in [0.15, 0.2) is 36.5 Å². The number of unbranched alkanes of at least 4 members (excludes halogenated alkanes) is 1. The maximum atomic E-state index is 17.7. The van der Waals surface area contributed by atoms with Crippen LogP contribution in [0.5, 0.6) is 0 Å². The molecule has 3 aliphatic heterocycles. The van der Waals surface area contributed by atoms with Gasteiger partial charge in [0.05, 0.1) is 29.4 Å². The lowest BCUT2D eigenvalue weighted by Crippen LogP contribution is -2.62. The van der Waals surface area contributed by atoms with Crippen LogP contribution in [0.2, 0.25) is 0 Å². The lowest BCUT2D eigenvalue weighted by molar-refractivity contribution is -0.296. The smallest absolute Gasteiger partial charge is 0.408 e. The lowest BCUT2D eigenvalue weighted by atomic mass is 9.70. The van der Waals surface area contributed by atoms with Crippen molar-refractivity contribution in [3.05, 3.63) is 42.1 Å². The summed E-state index contributed by atoms with van der Waals surface area (Å²) in [6, 6.07) is 8.36. The van der Waals surface area contributed by atoms with Crippen molar-refractivity contribution in [1.29, 1.82) is 0 Å². The van der Waals surface area contributed by atoms with E-state index in [1.165, 1.54) is 21.0 Å². The number of nitrogens with one attached hydrogen (secondary N) is 1. The van der Waals surface area contributed by atoms with Crippen molar-refractivity contribution in [2.24, 2.45) is 17.8 Å². The fourth-order valence-electron chi connectivity index (χ4n) is 9.35. The van der Waals surface area contributed by atoms with Gasteiger partial charge in [-0.05, 0) is 98.5 Å². The molecule has 5 rings (SSSR count). The van der Waals surface area contributed by atoms with E-state index < -0.39 is 95.3 Å². The van der Waals surface area contributed by atoms with Crippen LogP contribution in [-0.4, -0.2) is 119 Å². The molecule has 13 atom stereocenters. The number of aliphatic hydroxyl groups excluding tert-OH is 1. The first-order chi connectivity index (χ1) is 26.8. The second kappa shape index (κ2) is 17.7. The van der Waals surface area contributed by atoms with Crippen LogP contribution in [0.25, 0.3) is 10.9 Å². The Bertz CT molecular complexity index is 1770. The molecular weight excluding hydrogens is 737 g/mol. The van der Waals surface area contributed by atoms with Crippen molar-refractivity contribution < 1.29 is 52.4 Å². The highest BCUT2D eigenvalue weighted by Crippen LogP contribution is 2.43. The fourth-order valence-corrected chi connectivity index (χ4v) is 9.35. The maximum absolute atomic E-state index is 17.7. The van der Waals surface area contributed by atoms with Crippen LogP contribution >= 0.6 is 0 Å². The number of ether oxygens (including phenoxy) is 5. The van der Waals surface area contributed by atoms with Gasteiger partial charge in [0.15, 0.2) is 29.1 Å². The number of aryl methyl sites for hydroxylation is 1. The average Bonchev–Trinajstić information content (AvgIpc) is 3.48. The topological polar surface area (TPSA) is 163 Å². The highest BCUT2D eigenvalue weighted by Gasteiger charge is 2.60. The van der Waals surface area contributed by atoms with Gasteiger partial charge in [-0.1, -0.05) is 38.5 Å². The Morgan fingerprint density at radius 1 is 1.05 bits per heavy atom. The Kier molecular flexibility index (Phi) is 13.9. The molecule has 316 valence electrons. The summed E-state index contributed by atoms with van der Waals surface area (Å²) in [5, 5.41) is 15.3. The van der Waals surface area contributed by atoms with Gasteiger partial charge in [-0.15, -0.1) is 0 Å². The Labute approximate surface area is 335 Å². The van der Waals surface area contributed by atoms with Gasteiger partial charge in [0, 0.05) is 43.0 Å². The minimum absolute atomic E-state index is 0.169. The number of cyclic esters (lactones) is 1. The summed E-state index contributed by atoms with van der Waals surface area (Å²) in [5.41, 5.74) is -3.91. The van der Waals surface area contributed by atoms with Gasteiger partial charge in [0.2, 0.25) is 0 Å². The predicted molar refractivity (Wildman–Crippen MR) is 210 cm³/mol. The molecule has 4 heterocycles. The number of aromatic nitrogens is 1. The van der Waals surface area contributed by atoms with E-state index >= 15 is 4.39 Å². The van der Waals surface area contributed by atoms with Crippen LogP contribution in [-0.2, 0) is 44.5 Å². The van der Waals surface area contributed by atoms with Gasteiger partial charge in [0.1, 0.15) is 18.1 Å². The highest BCUT2D eigenvalue weighted by molar-refractivity contribution is 6.00. The van der Waals surface area contributed by atoms with E-state index in [9.17, 15) is 24.3 Å². The number of rotatable bonds is 10. The number of methoxy groups -OCH3 is 1. The molecule has 3 fully saturated rings. The van der Waals surface area contributed by atoms with Crippen LogP contribution in [0, 0.1) is 17.8 Å². The molecule has 13 nitrogen and oxygen atoms in total. The number of likely N-dealkylation sites (N-methyl/N-ethyl adjacent to an activating group) is 1. The molecule has 1 aromatic carbocycles. The van der Waals surface area contributed by atoms with E-state index in [2.05, 4.69) is 10.3 Å². The third kappa shape index (κ3) is 9.20. The van der Waals surface area contributed by atoms with E-state index in [0.717, 1.165) is 16.5 Å². The number of aliphatic hydroxyl groups is 1. The number of alkyl carbamates (subject to hydrolysis) is 1. The number of benzene rings is 1. The third-order valence-electron chi connectivity index (χ3n) is 12.7. The molecule has 0 spiro atoms. The monoisotopic (exact) mass is 799 g/mol. The Morgan fingerprint density at radius 3 is 2.42 bits per heavy atom. The molecule has 0 unspecified atom stereocenters. The number of para-hydroxylation sites is 1. The number of hydrogen-bond acceptors (Lipinski definition) is 12. The number of carbonyl (C=O) groups is 4. The van der Waals surface area contributed by atoms with Gasteiger partial charge < -0.3 is 39.0 Å². The van der Waals surface area contributed by atoms with Gasteiger partial charge >= 0.3 is 12.1 Å². The number of carbonyl (C=O) groups excluding carboxylic acids is 4. The van der Waals surface area contributed by atoms with Gasteiger partial charge in [-0.2, -0.15) is 0 Å². The van der Waals surface area contributed by atoms with E-state index in [1.54, 1.807) is 33.9 Å². The number of alkyl halides is 1. The number of ketones is 2. The number of fused-ring (bicyclic) bond motifs is 2. The van der Waals surface area contributed by atoms with Gasteiger partial charge in [-0.3, -0.25) is 19.4 Å². The summed E-state index contributed by atoms with van der Waals surface area (Å²) in [6.45, 7) is 10.9. The predicted octanol–water partition coefficient (Wildman–Crippen LogP) is 5.51. The van der Waals surface area contributed by atoms with Gasteiger partial charge in [-0.25, -0.2) is 9.18 Å². The number of pyridine rings is 1. The maximum Gasteiger partial charge on any atom is 0.408 e. The fraction of sp³-hybridized carbons (Fsp3) is 0.698. The average molecular weight is 800 g/mol. The molecule has 1 amide bonds. The Morgan fingerprint density at radius 2 is 1.75 bits per heavy atom. The molecule has 0 radical (unpaired) electrons. The number of nitrogens with zero attached hydrogens (tertiary/aromatic N) is 2. The summed E-state index contributed by atoms with van der Waals surface area (Å²) >= 11 is 0. The molecule has 0 bridgehead atoms. The molecule has 0 aliphatic carbocycles. The highest BCUT2D eigenvalue weighted by atomic mass is 19.1. The SMILES string of the molecule is CC[C@H]1OC(=O)[C@H](C)C(=O)[C@H](C)[C@@H](O[C@@H]2O[C@H](C)C[C@H](N(C)C)[C@H]2O)[C@](C)(OC)C[C@](C)(F)C(=O)[C@H](CCCCc2ccnc3ccccc23)[C@@H]2NC(=O)O[C@]12C. The second-order valence-corrected chi connectivity index (χ2v) is 17.2. The summed E-state index contributed by atoms with van der Waals surface area (Å²) in [6.07, 6.45) is -2.12. The first kappa shape index (κ1) is 44.5. The number of amides is 1. The summed E-state index contributed by atoms with van der Waals surface area (Å²) in [7, 11) is 4.99. The number of halogens is 1. The zero-order valence-electron chi connectivity index (χ0n) is 35.1. The molecule has 2 N–H and O–H groups in total. The minimum Gasteiger partial charge on any atom is -0.458 e. The van der Waals surface area contributed by atoms with Crippen molar-refractivity contribution in [2.45, 2.75) is 153 Å². The van der Waals surface area contributed by atoms with Crippen molar-refractivity contribution in [3.63, 3.8) is 0 Å². The number of hydrogen-bond donors (Lipinski definition) is 2. The zero-order chi connectivity index (χ0) is 42.0. The zero-order valence-corrected chi connectivity index (χ0v) is 35.1. The van der Waals surface area contributed by atoms with Crippen LogP contribution < -0.4 is 5.32 Å². The minimum atomic E-state index is -2.60. The van der Waals surface area contributed by atoms with Crippen molar-refractivity contribution in [2.75, 3.05) is 21.2 Å². The molecular formula is C43H62FN3O10. The van der Waals surface area contributed by atoms with E-state index in [0.29, 0.717) is 25.7 Å². The van der Waals surface area contributed by atoms with E-state index in [1.807, 2.05) is 56.3 Å².